The monoisotopic (exact) mass is 418 g/mol. The molecular formula is C24H22N2O3S. The molecule has 30 heavy (non-hydrogen) atoms. The Morgan fingerprint density at radius 1 is 1.17 bits per heavy atom. The molecule has 0 radical (unpaired) electrons. The van der Waals surface area contributed by atoms with E-state index >= 15 is 0 Å². The van der Waals surface area contributed by atoms with Crippen molar-refractivity contribution in [3.63, 3.8) is 0 Å². The first-order chi connectivity index (χ1) is 14.6. The van der Waals surface area contributed by atoms with Gasteiger partial charge in [-0.05, 0) is 78.8 Å². The van der Waals surface area contributed by atoms with Crippen molar-refractivity contribution in [2.24, 2.45) is 5.92 Å². The van der Waals surface area contributed by atoms with Gasteiger partial charge in [-0.2, -0.15) is 0 Å². The van der Waals surface area contributed by atoms with Crippen LogP contribution in [-0.4, -0.2) is 9.55 Å². The highest BCUT2D eigenvalue weighted by molar-refractivity contribution is 7.18. The molecule has 4 aromatic rings. The van der Waals surface area contributed by atoms with Gasteiger partial charge in [-0.3, -0.25) is 9.36 Å². The Balaban J connectivity index is 1.50. The maximum atomic E-state index is 13.4. The van der Waals surface area contributed by atoms with Gasteiger partial charge in [0.15, 0.2) is 0 Å². The van der Waals surface area contributed by atoms with E-state index in [4.69, 9.17) is 4.42 Å². The van der Waals surface area contributed by atoms with Crippen LogP contribution in [0, 0.1) is 5.92 Å². The molecule has 6 rings (SSSR count). The SMILES string of the molecule is C[C@H]1CCc2c(sc3ncn(Cc4cc(=O)oc5cc6c(cc45)CCC6)c(=O)c23)C1. The summed E-state index contributed by atoms with van der Waals surface area (Å²) in [7, 11) is 0. The second kappa shape index (κ2) is 6.64. The number of nitrogens with zero attached hydrogens (tertiary/aromatic N) is 2. The quantitative estimate of drug-likeness (QED) is 0.457. The van der Waals surface area contributed by atoms with Gasteiger partial charge in [0.25, 0.3) is 5.56 Å². The fourth-order valence-corrected chi connectivity index (χ4v) is 6.43. The second-order valence-electron chi connectivity index (χ2n) is 8.77. The van der Waals surface area contributed by atoms with Gasteiger partial charge in [0.2, 0.25) is 0 Å². The van der Waals surface area contributed by atoms with E-state index in [0.717, 1.165) is 59.7 Å². The van der Waals surface area contributed by atoms with Crippen LogP contribution < -0.4 is 11.2 Å². The van der Waals surface area contributed by atoms with Crippen molar-refractivity contribution in [3.8, 4) is 0 Å². The average molecular weight is 419 g/mol. The number of benzene rings is 1. The predicted octanol–water partition coefficient (Wildman–Crippen LogP) is 4.23. The molecule has 0 unspecified atom stereocenters. The van der Waals surface area contributed by atoms with Crippen molar-refractivity contribution in [1.29, 1.82) is 0 Å². The van der Waals surface area contributed by atoms with Gasteiger partial charge in [0.1, 0.15) is 10.4 Å². The van der Waals surface area contributed by atoms with E-state index in [-0.39, 0.29) is 11.2 Å². The molecule has 152 valence electrons. The van der Waals surface area contributed by atoms with Crippen molar-refractivity contribution in [2.75, 3.05) is 0 Å². The maximum absolute atomic E-state index is 13.4. The summed E-state index contributed by atoms with van der Waals surface area (Å²) in [6, 6.07) is 5.66. The molecule has 0 saturated carbocycles. The molecule has 2 aliphatic carbocycles. The Morgan fingerprint density at radius 3 is 2.87 bits per heavy atom. The Kier molecular flexibility index (Phi) is 4.00. The lowest BCUT2D eigenvalue weighted by atomic mass is 9.89. The number of hydrogen-bond acceptors (Lipinski definition) is 5. The molecule has 1 aromatic carbocycles. The third kappa shape index (κ3) is 2.77. The van der Waals surface area contributed by atoms with Crippen LogP contribution in [-0.2, 0) is 32.2 Å². The average Bonchev–Trinajstić information content (AvgIpc) is 3.32. The molecule has 6 heteroatoms. The molecule has 0 amide bonds. The number of fused-ring (bicyclic) bond motifs is 5. The Hall–Kier alpha value is -2.73. The largest absolute Gasteiger partial charge is 0.423 e. The number of aromatic nitrogens is 2. The third-order valence-electron chi connectivity index (χ3n) is 6.67. The molecule has 5 nitrogen and oxygen atoms in total. The van der Waals surface area contributed by atoms with Crippen molar-refractivity contribution in [1.82, 2.24) is 9.55 Å². The number of aryl methyl sites for hydroxylation is 3. The van der Waals surface area contributed by atoms with E-state index in [1.807, 2.05) is 6.07 Å². The molecule has 3 heterocycles. The fraction of sp³-hybridized carbons (Fsp3) is 0.375. The second-order valence-corrected chi connectivity index (χ2v) is 9.85. The standard InChI is InChI=1S/C24H22N2O3S/c1-13-5-6-17-20(7-13)30-23-22(17)24(28)26(12-25-23)11-16-10-21(27)29-19-9-15-4-2-3-14(15)8-18(16)19/h8-10,12-13H,2-7,11H2,1H3/t13-/m0/s1. The van der Waals surface area contributed by atoms with E-state index < -0.39 is 0 Å². The predicted molar refractivity (Wildman–Crippen MR) is 119 cm³/mol. The zero-order valence-corrected chi connectivity index (χ0v) is 17.7. The maximum Gasteiger partial charge on any atom is 0.336 e. The molecule has 0 N–H and O–H groups in total. The van der Waals surface area contributed by atoms with Crippen molar-refractivity contribution in [3.05, 3.63) is 72.4 Å². The summed E-state index contributed by atoms with van der Waals surface area (Å²) >= 11 is 1.66. The highest BCUT2D eigenvalue weighted by Crippen LogP contribution is 2.35. The van der Waals surface area contributed by atoms with Gasteiger partial charge in [-0.15, -0.1) is 11.3 Å². The summed E-state index contributed by atoms with van der Waals surface area (Å²) in [4.78, 5) is 32.3. The molecule has 0 fully saturated rings. The summed E-state index contributed by atoms with van der Waals surface area (Å²) in [5.41, 5.74) is 4.82. The number of thiophene rings is 1. The zero-order chi connectivity index (χ0) is 20.4. The van der Waals surface area contributed by atoms with E-state index in [1.54, 1.807) is 22.2 Å². The lowest BCUT2D eigenvalue weighted by Gasteiger charge is -2.17. The highest BCUT2D eigenvalue weighted by Gasteiger charge is 2.23. The third-order valence-corrected chi connectivity index (χ3v) is 7.83. The summed E-state index contributed by atoms with van der Waals surface area (Å²) in [5.74, 6) is 0.657. The Labute approximate surface area is 177 Å². The normalized spacial score (nSPS) is 18.1. The molecule has 3 aromatic heterocycles. The minimum atomic E-state index is -0.376. The van der Waals surface area contributed by atoms with E-state index in [0.29, 0.717) is 18.0 Å². The molecule has 1 atom stereocenters. The minimum Gasteiger partial charge on any atom is -0.423 e. The van der Waals surface area contributed by atoms with Crippen LogP contribution in [0.25, 0.3) is 21.2 Å². The van der Waals surface area contributed by atoms with Crippen molar-refractivity contribution in [2.45, 2.75) is 52.0 Å². The van der Waals surface area contributed by atoms with E-state index in [2.05, 4.69) is 18.0 Å². The van der Waals surface area contributed by atoms with Gasteiger partial charge < -0.3 is 4.42 Å². The van der Waals surface area contributed by atoms with E-state index in [9.17, 15) is 9.59 Å². The molecule has 0 aliphatic heterocycles. The van der Waals surface area contributed by atoms with Gasteiger partial charge >= 0.3 is 5.63 Å². The number of hydrogen-bond donors (Lipinski definition) is 0. The lowest BCUT2D eigenvalue weighted by molar-refractivity contribution is 0.509. The van der Waals surface area contributed by atoms with Gasteiger partial charge in [-0.1, -0.05) is 6.92 Å². The molecule has 0 bridgehead atoms. The summed E-state index contributed by atoms with van der Waals surface area (Å²) in [6.45, 7) is 2.59. The number of rotatable bonds is 2. The van der Waals surface area contributed by atoms with Crippen molar-refractivity contribution >= 4 is 32.5 Å². The summed E-state index contributed by atoms with van der Waals surface area (Å²) < 4.78 is 7.13. The van der Waals surface area contributed by atoms with Crippen LogP contribution in [0.5, 0.6) is 0 Å². The first kappa shape index (κ1) is 18.1. The zero-order valence-electron chi connectivity index (χ0n) is 16.9. The van der Waals surface area contributed by atoms with E-state index in [1.165, 1.54) is 27.6 Å². The van der Waals surface area contributed by atoms with Crippen LogP contribution in [0.3, 0.4) is 0 Å². The molecule has 0 spiro atoms. The van der Waals surface area contributed by atoms with Crippen LogP contribution in [0.15, 0.2) is 38.5 Å². The topological polar surface area (TPSA) is 65.1 Å². The minimum absolute atomic E-state index is 0.00500. The van der Waals surface area contributed by atoms with Gasteiger partial charge in [-0.25, -0.2) is 9.78 Å². The first-order valence-electron chi connectivity index (χ1n) is 10.6. The summed E-state index contributed by atoms with van der Waals surface area (Å²) in [6.07, 6.45) is 7.93. The van der Waals surface area contributed by atoms with Crippen molar-refractivity contribution < 1.29 is 4.42 Å². The van der Waals surface area contributed by atoms with Crippen LogP contribution in [0.2, 0.25) is 0 Å². The van der Waals surface area contributed by atoms with Gasteiger partial charge in [0, 0.05) is 16.3 Å². The smallest absolute Gasteiger partial charge is 0.336 e. The summed E-state index contributed by atoms with van der Waals surface area (Å²) in [5, 5.41) is 1.70. The molecular weight excluding hydrogens is 396 g/mol. The van der Waals surface area contributed by atoms with Crippen LogP contribution in [0.1, 0.15) is 46.9 Å². The molecule has 2 aliphatic rings. The van der Waals surface area contributed by atoms with Gasteiger partial charge in [0.05, 0.1) is 18.3 Å². The fourth-order valence-electron chi connectivity index (χ4n) is 5.09. The Bertz CT molecular complexity index is 1440. The van der Waals surface area contributed by atoms with Crippen LogP contribution >= 0.6 is 11.3 Å². The Morgan fingerprint density at radius 2 is 2.00 bits per heavy atom. The van der Waals surface area contributed by atoms with Crippen LogP contribution in [0.4, 0.5) is 0 Å². The highest BCUT2D eigenvalue weighted by atomic mass is 32.1. The molecule has 0 saturated heterocycles. The first-order valence-corrected chi connectivity index (χ1v) is 11.5. The lowest BCUT2D eigenvalue weighted by Crippen LogP contribution is -2.22.